The van der Waals surface area contributed by atoms with Crippen molar-refractivity contribution in [1.82, 2.24) is 14.9 Å². The highest BCUT2D eigenvalue weighted by Gasteiger charge is 2.08. The Hall–Kier alpha value is -1.13. The van der Waals surface area contributed by atoms with Crippen LogP contribution in [0.15, 0.2) is 41.1 Å². The Kier molecular flexibility index (Phi) is 4.55. The predicted molar refractivity (Wildman–Crippen MR) is 77.5 cm³/mol. The molecule has 2 rings (SSSR count). The van der Waals surface area contributed by atoms with Crippen molar-refractivity contribution in [3.05, 3.63) is 52.5 Å². The van der Waals surface area contributed by atoms with Crippen molar-refractivity contribution in [3.63, 3.8) is 0 Å². The van der Waals surface area contributed by atoms with E-state index in [4.69, 9.17) is 0 Å². The van der Waals surface area contributed by atoms with Gasteiger partial charge in [-0.05, 0) is 18.6 Å². The van der Waals surface area contributed by atoms with Crippen LogP contribution in [-0.4, -0.2) is 16.1 Å². The summed E-state index contributed by atoms with van der Waals surface area (Å²) in [6, 6.07) is 8.65. The number of aryl methyl sites for hydroxylation is 1. The number of imidazole rings is 1. The van der Waals surface area contributed by atoms with Crippen LogP contribution in [0.25, 0.3) is 0 Å². The molecule has 96 valence electrons. The molecule has 1 aromatic heterocycles. The number of hydrogen-bond donors (Lipinski definition) is 1. The van der Waals surface area contributed by atoms with Crippen molar-refractivity contribution in [2.75, 3.05) is 6.54 Å². The highest BCUT2D eigenvalue weighted by Crippen LogP contribution is 2.22. The number of benzene rings is 1. The number of aromatic nitrogens is 2. The Bertz CT molecular complexity index is 507. The SMILES string of the molecule is C[C@@H](NCCc1nccn1C)c1ccccc1Br. The molecule has 0 aliphatic carbocycles. The summed E-state index contributed by atoms with van der Waals surface area (Å²) in [5, 5.41) is 3.52. The van der Waals surface area contributed by atoms with Crippen molar-refractivity contribution in [2.45, 2.75) is 19.4 Å². The zero-order valence-corrected chi connectivity index (χ0v) is 12.3. The molecule has 1 aromatic carbocycles. The molecule has 0 aliphatic rings. The van der Waals surface area contributed by atoms with Crippen LogP contribution in [0.2, 0.25) is 0 Å². The molecule has 18 heavy (non-hydrogen) atoms. The first-order chi connectivity index (χ1) is 8.68. The summed E-state index contributed by atoms with van der Waals surface area (Å²) in [7, 11) is 2.03. The van der Waals surface area contributed by atoms with E-state index in [1.54, 1.807) is 0 Å². The summed E-state index contributed by atoms with van der Waals surface area (Å²) in [5.74, 6) is 1.11. The van der Waals surface area contributed by atoms with E-state index in [-0.39, 0.29) is 0 Å². The lowest BCUT2D eigenvalue weighted by Gasteiger charge is -2.15. The minimum absolute atomic E-state index is 0.334. The van der Waals surface area contributed by atoms with Crippen LogP contribution >= 0.6 is 15.9 Å². The molecule has 2 aromatic rings. The summed E-state index contributed by atoms with van der Waals surface area (Å²) in [4.78, 5) is 4.32. The van der Waals surface area contributed by atoms with Crippen LogP contribution in [0, 0.1) is 0 Å². The first-order valence-corrected chi connectivity index (χ1v) is 6.92. The highest BCUT2D eigenvalue weighted by atomic mass is 79.9. The Morgan fingerprint density at radius 1 is 1.39 bits per heavy atom. The van der Waals surface area contributed by atoms with Gasteiger partial charge in [-0.3, -0.25) is 0 Å². The number of nitrogens with zero attached hydrogens (tertiary/aromatic N) is 2. The molecule has 0 spiro atoms. The maximum absolute atomic E-state index is 4.32. The monoisotopic (exact) mass is 307 g/mol. The van der Waals surface area contributed by atoms with Crippen molar-refractivity contribution in [2.24, 2.45) is 7.05 Å². The molecule has 0 saturated carbocycles. The van der Waals surface area contributed by atoms with Gasteiger partial charge in [-0.15, -0.1) is 0 Å². The second kappa shape index (κ2) is 6.16. The van der Waals surface area contributed by atoms with Gasteiger partial charge in [-0.1, -0.05) is 34.1 Å². The standard InChI is InChI=1S/C14H18BrN3/c1-11(12-5-3-4-6-13(12)15)16-8-7-14-17-9-10-18(14)2/h3-6,9-11,16H,7-8H2,1-2H3/t11-/m1/s1. The molecule has 1 heterocycles. The van der Waals surface area contributed by atoms with Crippen molar-refractivity contribution in [1.29, 1.82) is 0 Å². The topological polar surface area (TPSA) is 29.9 Å². The van der Waals surface area contributed by atoms with E-state index < -0.39 is 0 Å². The average Bonchev–Trinajstić information content (AvgIpc) is 2.75. The Morgan fingerprint density at radius 2 is 2.17 bits per heavy atom. The van der Waals surface area contributed by atoms with E-state index in [0.29, 0.717) is 6.04 Å². The molecule has 0 unspecified atom stereocenters. The third kappa shape index (κ3) is 3.21. The second-order valence-corrected chi connectivity index (χ2v) is 5.26. The van der Waals surface area contributed by atoms with Gasteiger partial charge in [0.25, 0.3) is 0 Å². The van der Waals surface area contributed by atoms with E-state index in [1.165, 1.54) is 5.56 Å². The van der Waals surface area contributed by atoms with E-state index in [0.717, 1.165) is 23.3 Å². The van der Waals surface area contributed by atoms with E-state index in [1.807, 2.05) is 25.5 Å². The van der Waals surface area contributed by atoms with Gasteiger partial charge in [0.1, 0.15) is 5.82 Å². The lowest BCUT2D eigenvalue weighted by Crippen LogP contribution is -2.22. The summed E-state index contributed by atoms with van der Waals surface area (Å²) in [5.41, 5.74) is 1.29. The van der Waals surface area contributed by atoms with Gasteiger partial charge in [-0.2, -0.15) is 0 Å². The summed E-state index contributed by atoms with van der Waals surface area (Å²) in [6.07, 6.45) is 4.76. The van der Waals surface area contributed by atoms with Gasteiger partial charge < -0.3 is 9.88 Å². The minimum atomic E-state index is 0.334. The molecular formula is C14H18BrN3. The molecular weight excluding hydrogens is 290 g/mol. The third-order valence-electron chi connectivity index (χ3n) is 3.09. The molecule has 0 saturated heterocycles. The maximum Gasteiger partial charge on any atom is 0.109 e. The molecule has 0 amide bonds. The Balaban J connectivity index is 1.87. The van der Waals surface area contributed by atoms with Gasteiger partial charge in [0.2, 0.25) is 0 Å². The fourth-order valence-corrected chi connectivity index (χ4v) is 2.60. The number of nitrogens with one attached hydrogen (secondary N) is 1. The van der Waals surface area contributed by atoms with Gasteiger partial charge >= 0.3 is 0 Å². The fraction of sp³-hybridized carbons (Fsp3) is 0.357. The van der Waals surface area contributed by atoms with Crippen molar-refractivity contribution < 1.29 is 0 Å². The van der Waals surface area contributed by atoms with E-state index in [9.17, 15) is 0 Å². The van der Waals surface area contributed by atoms with Gasteiger partial charge in [0.05, 0.1) is 0 Å². The molecule has 0 bridgehead atoms. The lowest BCUT2D eigenvalue weighted by atomic mass is 10.1. The zero-order valence-electron chi connectivity index (χ0n) is 10.7. The lowest BCUT2D eigenvalue weighted by molar-refractivity contribution is 0.563. The van der Waals surface area contributed by atoms with E-state index in [2.05, 4.69) is 55.9 Å². The largest absolute Gasteiger partial charge is 0.338 e. The summed E-state index contributed by atoms with van der Waals surface area (Å²) < 4.78 is 3.21. The van der Waals surface area contributed by atoms with E-state index >= 15 is 0 Å². The van der Waals surface area contributed by atoms with Crippen LogP contribution in [-0.2, 0) is 13.5 Å². The van der Waals surface area contributed by atoms with Gasteiger partial charge in [0, 0.05) is 42.9 Å². The first kappa shape index (κ1) is 13.3. The molecule has 1 N–H and O–H groups in total. The van der Waals surface area contributed by atoms with Crippen LogP contribution in [0.5, 0.6) is 0 Å². The zero-order chi connectivity index (χ0) is 13.0. The van der Waals surface area contributed by atoms with Crippen molar-refractivity contribution in [3.8, 4) is 0 Å². The van der Waals surface area contributed by atoms with Gasteiger partial charge in [-0.25, -0.2) is 4.98 Å². The minimum Gasteiger partial charge on any atom is -0.338 e. The van der Waals surface area contributed by atoms with Crippen LogP contribution in [0.3, 0.4) is 0 Å². The molecule has 0 aliphatic heterocycles. The fourth-order valence-electron chi connectivity index (χ4n) is 1.97. The first-order valence-electron chi connectivity index (χ1n) is 6.12. The Labute approximate surface area is 116 Å². The highest BCUT2D eigenvalue weighted by molar-refractivity contribution is 9.10. The quantitative estimate of drug-likeness (QED) is 0.920. The summed E-state index contributed by atoms with van der Waals surface area (Å²) in [6.45, 7) is 3.10. The van der Waals surface area contributed by atoms with Crippen LogP contribution in [0.1, 0.15) is 24.4 Å². The Morgan fingerprint density at radius 3 is 2.83 bits per heavy atom. The predicted octanol–water partition coefficient (Wildman–Crippen LogP) is 3.08. The molecule has 0 radical (unpaired) electrons. The van der Waals surface area contributed by atoms with Gasteiger partial charge in [0.15, 0.2) is 0 Å². The maximum atomic E-state index is 4.32. The average molecular weight is 308 g/mol. The van der Waals surface area contributed by atoms with Crippen LogP contribution in [0.4, 0.5) is 0 Å². The molecule has 3 nitrogen and oxygen atoms in total. The summed E-state index contributed by atoms with van der Waals surface area (Å²) >= 11 is 3.58. The number of hydrogen-bond acceptors (Lipinski definition) is 2. The smallest absolute Gasteiger partial charge is 0.109 e. The number of rotatable bonds is 5. The van der Waals surface area contributed by atoms with Crippen molar-refractivity contribution >= 4 is 15.9 Å². The second-order valence-electron chi connectivity index (χ2n) is 4.40. The number of halogens is 1. The van der Waals surface area contributed by atoms with Crippen LogP contribution < -0.4 is 5.32 Å². The molecule has 0 fully saturated rings. The normalized spacial score (nSPS) is 12.6. The molecule has 1 atom stereocenters. The third-order valence-corrected chi connectivity index (χ3v) is 3.81. The molecule has 4 heteroatoms.